The maximum Gasteiger partial charge on any atom is 0.250 e. The summed E-state index contributed by atoms with van der Waals surface area (Å²) in [5.74, 6) is 1.69. The van der Waals surface area contributed by atoms with Gasteiger partial charge in [0, 0.05) is 0 Å². The van der Waals surface area contributed by atoms with Crippen LogP contribution in [0.25, 0.3) is 11.2 Å². The summed E-state index contributed by atoms with van der Waals surface area (Å²) in [4.78, 5) is 12.9. The highest BCUT2D eigenvalue weighted by Gasteiger charge is 2.15. The van der Waals surface area contributed by atoms with Crippen LogP contribution in [0.5, 0.6) is 5.88 Å². The van der Waals surface area contributed by atoms with E-state index >= 15 is 0 Å². The van der Waals surface area contributed by atoms with Crippen molar-refractivity contribution in [1.82, 2.24) is 19.5 Å². The molecule has 0 atom stereocenters. The highest BCUT2D eigenvalue weighted by molar-refractivity contribution is 5.77. The lowest BCUT2D eigenvalue weighted by Crippen LogP contribution is -2.08. The second-order valence-electron chi connectivity index (χ2n) is 3.88. The quantitative estimate of drug-likeness (QED) is 0.617. The molecule has 0 aliphatic heterocycles. The first-order valence-corrected chi connectivity index (χ1v) is 5.85. The fourth-order valence-electron chi connectivity index (χ4n) is 1.72. The lowest BCUT2D eigenvalue weighted by atomic mass is 10.5. The molecule has 0 saturated carbocycles. The van der Waals surface area contributed by atoms with E-state index in [0.29, 0.717) is 22.9 Å². The van der Waals surface area contributed by atoms with E-state index in [-0.39, 0.29) is 19.9 Å². The summed E-state index contributed by atoms with van der Waals surface area (Å²) in [7, 11) is 0. The van der Waals surface area contributed by atoms with Gasteiger partial charge in [0.2, 0.25) is 0 Å². The highest BCUT2D eigenvalue weighted by Crippen LogP contribution is 2.23. The van der Waals surface area contributed by atoms with Crippen LogP contribution in [0, 0.1) is 13.8 Å². The third-order valence-electron chi connectivity index (χ3n) is 2.52. The summed E-state index contributed by atoms with van der Waals surface area (Å²) in [5.41, 5.74) is 1.20. The van der Waals surface area contributed by atoms with Crippen molar-refractivity contribution in [3.63, 3.8) is 0 Å². The van der Waals surface area contributed by atoms with Gasteiger partial charge in [-0.25, -0.2) is 9.97 Å². The molecule has 0 bridgehead atoms. The zero-order valence-corrected chi connectivity index (χ0v) is 11.0. The average Bonchev–Trinajstić information content (AvgIpc) is 2.67. The molecule has 19 heavy (non-hydrogen) atoms. The van der Waals surface area contributed by atoms with Crippen LogP contribution in [0.2, 0.25) is 0 Å². The van der Waals surface area contributed by atoms with Crippen LogP contribution in [0.1, 0.15) is 11.6 Å². The van der Waals surface area contributed by atoms with Crippen LogP contribution in [0.4, 0.5) is 0 Å². The normalized spacial score (nSPS) is 10.9. The minimum absolute atomic E-state index is 0.0233. The fourth-order valence-corrected chi connectivity index (χ4v) is 1.72. The molecule has 0 spiro atoms. The third-order valence-corrected chi connectivity index (χ3v) is 2.52. The Hall–Kier alpha value is -1.99. The van der Waals surface area contributed by atoms with Crippen LogP contribution < -0.4 is 4.74 Å². The summed E-state index contributed by atoms with van der Waals surface area (Å²) in [6.07, 6.45) is 1.30. The van der Waals surface area contributed by atoms with Crippen molar-refractivity contribution in [2.24, 2.45) is 0 Å². The molecule has 0 unspecified atom stereocenters. The molecule has 7 heteroatoms. The van der Waals surface area contributed by atoms with Gasteiger partial charge in [0.05, 0.1) is 19.5 Å². The topological polar surface area (TPSA) is 82.3 Å². The van der Waals surface area contributed by atoms with Crippen LogP contribution in [-0.4, -0.2) is 37.8 Å². The van der Waals surface area contributed by atoms with Gasteiger partial charge in [-0.2, -0.15) is 4.98 Å². The molecule has 0 fully saturated rings. The minimum atomic E-state index is -0.0233. The van der Waals surface area contributed by atoms with E-state index in [1.807, 2.05) is 6.92 Å². The van der Waals surface area contributed by atoms with E-state index in [1.54, 1.807) is 11.5 Å². The van der Waals surface area contributed by atoms with Crippen molar-refractivity contribution in [3.05, 3.63) is 24.5 Å². The lowest BCUT2D eigenvalue weighted by Gasteiger charge is -2.07. The van der Waals surface area contributed by atoms with Crippen molar-refractivity contribution < 1.29 is 14.6 Å². The Labute approximate surface area is 110 Å². The molecular weight excluding hydrogens is 248 g/mol. The summed E-state index contributed by atoms with van der Waals surface area (Å²) in [6.45, 7) is 7.64. The summed E-state index contributed by atoms with van der Waals surface area (Å²) in [6, 6.07) is 0. The van der Waals surface area contributed by atoms with E-state index in [0.717, 1.165) is 5.82 Å². The van der Waals surface area contributed by atoms with Gasteiger partial charge in [-0.3, -0.25) is 4.57 Å². The molecule has 1 N–H and O–H groups in total. The first kappa shape index (κ1) is 13.4. The van der Waals surface area contributed by atoms with Gasteiger partial charge in [0.15, 0.2) is 11.2 Å². The monoisotopic (exact) mass is 264 g/mol. The molecule has 0 radical (unpaired) electrons. The van der Waals surface area contributed by atoms with Crippen LogP contribution in [0.15, 0.2) is 12.8 Å². The molecule has 2 rings (SSSR count). The minimum Gasteiger partial charge on any atom is -0.445 e. The number of ether oxygens (including phenoxy) is 2. The molecule has 2 heterocycles. The van der Waals surface area contributed by atoms with E-state index in [2.05, 4.69) is 21.5 Å². The SMILES string of the molecule is C=COc1nc(C)nc2c1nc(C)n2COCCO. The van der Waals surface area contributed by atoms with Gasteiger partial charge in [0.1, 0.15) is 18.4 Å². The fraction of sp³-hybridized carbons (Fsp3) is 0.417. The molecule has 0 saturated heterocycles. The van der Waals surface area contributed by atoms with Crippen molar-refractivity contribution >= 4 is 11.2 Å². The Kier molecular flexibility index (Phi) is 4.08. The van der Waals surface area contributed by atoms with Crippen LogP contribution in [-0.2, 0) is 11.5 Å². The highest BCUT2D eigenvalue weighted by atomic mass is 16.5. The summed E-state index contributed by atoms with van der Waals surface area (Å²) in [5, 5.41) is 8.73. The first-order valence-electron chi connectivity index (χ1n) is 5.85. The predicted octanol–water partition coefficient (Wildman–Crippen LogP) is 0.932. The smallest absolute Gasteiger partial charge is 0.250 e. The van der Waals surface area contributed by atoms with Gasteiger partial charge in [-0.1, -0.05) is 6.58 Å². The number of aliphatic hydroxyl groups excluding tert-OH is 1. The number of fused-ring (bicyclic) bond motifs is 1. The molecule has 0 aliphatic rings. The molecule has 0 aromatic carbocycles. The zero-order valence-electron chi connectivity index (χ0n) is 11.0. The number of aryl methyl sites for hydroxylation is 2. The standard InChI is InChI=1S/C12H16N4O3/c1-4-19-12-10-11(13-8(2)14-12)16(9(3)15-10)7-18-6-5-17/h4,17H,1,5-7H2,2-3H3. The Morgan fingerprint density at radius 2 is 2.11 bits per heavy atom. The molecular formula is C12H16N4O3. The van der Waals surface area contributed by atoms with Crippen LogP contribution >= 0.6 is 0 Å². The van der Waals surface area contributed by atoms with Crippen LogP contribution in [0.3, 0.4) is 0 Å². The summed E-state index contributed by atoms with van der Waals surface area (Å²) >= 11 is 0. The second kappa shape index (κ2) is 5.77. The van der Waals surface area contributed by atoms with E-state index in [4.69, 9.17) is 14.6 Å². The first-order chi connectivity index (χ1) is 9.17. The van der Waals surface area contributed by atoms with Gasteiger partial charge in [0.25, 0.3) is 5.88 Å². The zero-order chi connectivity index (χ0) is 13.8. The number of hydrogen-bond donors (Lipinski definition) is 1. The third kappa shape index (κ3) is 2.72. The average molecular weight is 264 g/mol. The Balaban J connectivity index is 2.46. The van der Waals surface area contributed by atoms with E-state index in [9.17, 15) is 0 Å². The largest absolute Gasteiger partial charge is 0.445 e. The lowest BCUT2D eigenvalue weighted by molar-refractivity contribution is 0.0489. The van der Waals surface area contributed by atoms with Gasteiger partial charge >= 0.3 is 0 Å². The number of imidazole rings is 1. The molecule has 102 valence electrons. The molecule has 2 aromatic rings. The van der Waals surface area contributed by atoms with Crippen molar-refractivity contribution in [2.45, 2.75) is 20.6 Å². The van der Waals surface area contributed by atoms with E-state index in [1.165, 1.54) is 6.26 Å². The van der Waals surface area contributed by atoms with Gasteiger partial charge in [-0.15, -0.1) is 0 Å². The molecule has 2 aromatic heterocycles. The Bertz CT molecular complexity index is 594. The summed E-state index contributed by atoms with van der Waals surface area (Å²) < 4.78 is 12.4. The maximum absolute atomic E-state index is 8.73. The number of nitrogens with zero attached hydrogens (tertiary/aromatic N) is 4. The second-order valence-corrected chi connectivity index (χ2v) is 3.88. The Morgan fingerprint density at radius 1 is 1.32 bits per heavy atom. The van der Waals surface area contributed by atoms with Crippen molar-refractivity contribution in [2.75, 3.05) is 13.2 Å². The maximum atomic E-state index is 8.73. The number of hydrogen-bond acceptors (Lipinski definition) is 6. The number of rotatable bonds is 6. The number of aliphatic hydroxyl groups is 1. The molecule has 0 aliphatic carbocycles. The predicted molar refractivity (Wildman–Crippen MR) is 68.7 cm³/mol. The Morgan fingerprint density at radius 3 is 2.79 bits per heavy atom. The van der Waals surface area contributed by atoms with E-state index < -0.39 is 0 Å². The van der Waals surface area contributed by atoms with Gasteiger partial charge < -0.3 is 14.6 Å². The molecule has 7 nitrogen and oxygen atoms in total. The van der Waals surface area contributed by atoms with Crippen molar-refractivity contribution in [1.29, 1.82) is 0 Å². The van der Waals surface area contributed by atoms with Crippen molar-refractivity contribution in [3.8, 4) is 5.88 Å². The number of aromatic nitrogens is 4. The molecule has 0 amide bonds. The van der Waals surface area contributed by atoms with Gasteiger partial charge in [-0.05, 0) is 13.8 Å².